The van der Waals surface area contributed by atoms with E-state index >= 15 is 0 Å². The van der Waals surface area contributed by atoms with Gasteiger partial charge >= 0.3 is 0 Å². The minimum atomic E-state index is 0.129. The Labute approximate surface area is 127 Å². The Morgan fingerprint density at radius 2 is 2.41 bits per heavy atom. The minimum Gasteiger partial charge on any atom is -0.492 e. The van der Waals surface area contributed by atoms with Crippen LogP contribution in [-0.2, 0) is 0 Å². The predicted octanol–water partition coefficient (Wildman–Crippen LogP) is 2.62. The van der Waals surface area contributed by atoms with Crippen LogP contribution in [0, 0.1) is 3.57 Å². The number of nitrogens with zero attached hydrogens (tertiary/aromatic N) is 1. The van der Waals surface area contributed by atoms with Crippen molar-refractivity contribution in [2.45, 2.75) is 6.92 Å². The molecule has 0 fully saturated rings. The molecule has 3 N–H and O–H groups in total. The van der Waals surface area contributed by atoms with Gasteiger partial charge in [0.25, 0.3) is 0 Å². The van der Waals surface area contributed by atoms with Crippen molar-refractivity contribution in [3.8, 4) is 5.75 Å². The van der Waals surface area contributed by atoms with Crippen molar-refractivity contribution in [2.75, 3.05) is 6.61 Å². The molecule has 1 aromatic rings. The number of nitrogens with one attached hydrogen (secondary N) is 1. The fraction of sp³-hybridized carbons (Fsp3) is 0.200. The molecule has 0 bridgehead atoms. The highest BCUT2D eigenvalue weighted by molar-refractivity contribution is 14.1. The molecule has 1 rings (SSSR count). The van der Waals surface area contributed by atoms with E-state index in [2.05, 4.69) is 61.3 Å². The zero-order chi connectivity index (χ0) is 12.8. The van der Waals surface area contributed by atoms with Gasteiger partial charge in [0.1, 0.15) is 5.75 Å². The molecule has 0 saturated heterocycles. The standard InChI is InChI=1S/C10H11BrIN3OS/c1-2-16-9-6(5-14-15-10(13)17)3-7(11)4-8(9)12/h3-5H,2H2,1H3,(H3,13,15,17). The van der Waals surface area contributed by atoms with Gasteiger partial charge in [0.2, 0.25) is 0 Å². The largest absolute Gasteiger partial charge is 0.492 e. The van der Waals surface area contributed by atoms with Crippen LogP contribution >= 0.6 is 50.7 Å². The van der Waals surface area contributed by atoms with Crippen LogP contribution < -0.4 is 15.9 Å². The maximum absolute atomic E-state index is 5.57. The average Bonchev–Trinajstić information content (AvgIpc) is 2.22. The van der Waals surface area contributed by atoms with Gasteiger partial charge in [-0.2, -0.15) is 5.10 Å². The first-order valence-corrected chi connectivity index (χ1v) is 7.03. The van der Waals surface area contributed by atoms with Gasteiger partial charge in [-0.3, -0.25) is 5.43 Å². The molecule has 0 unspecified atom stereocenters. The number of ether oxygens (including phenoxy) is 1. The summed E-state index contributed by atoms with van der Waals surface area (Å²) >= 11 is 10.3. The number of benzene rings is 1. The van der Waals surface area contributed by atoms with Gasteiger partial charge < -0.3 is 10.5 Å². The molecule has 0 radical (unpaired) electrons. The summed E-state index contributed by atoms with van der Waals surface area (Å²) in [6.45, 7) is 2.54. The topological polar surface area (TPSA) is 59.6 Å². The Kier molecular flexibility index (Phi) is 6.14. The molecule has 1 aromatic carbocycles. The summed E-state index contributed by atoms with van der Waals surface area (Å²) in [7, 11) is 0. The van der Waals surface area contributed by atoms with Gasteiger partial charge in [0.15, 0.2) is 5.11 Å². The Balaban J connectivity index is 3.02. The molecule has 4 nitrogen and oxygen atoms in total. The SMILES string of the molecule is CCOc1c(I)cc(Br)cc1C=NNC(N)=S. The van der Waals surface area contributed by atoms with E-state index in [1.807, 2.05) is 19.1 Å². The van der Waals surface area contributed by atoms with Crippen molar-refractivity contribution in [3.05, 3.63) is 25.7 Å². The molecule has 0 saturated carbocycles. The predicted molar refractivity (Wildman–Crippen MR) is 85.5 cm³/mol. The average molecular weight is 428 g/mol. The minimum absolute atomic E-state index is 0.129. The molecule has 92 valence electrons. The summed E-state index contributed by atoms with van der Waals surface area (Å²) in [5, 5.41) is 4.05. The summed E-state index contributed by atoms with van der Waals surface area (Å²) in [5.41, 5.74) is 8.64. The van der Waals surface area contributed by atoms with Crippen LogP contribution in [0.2, 0.25) is 0 Å². The third-order valence-corrected chi connectivity index (χ3v) is 3.05. The van der Waals surface area contributed by atoms with Crippen molar-refractivity contribution < 1.29 is 4.74 Å². The van der Waals surface area contributed by atoms with E-state index in [1.54, 1.807) is 6.21 Å². The van der Waals surface area contributed by atoms with E-state index in [-0.39, 0.29) is 5.11 Å². The molecule has 0 amide bonds. The lowest BCUT2D eigenvalue weighted by Gasteiger charge is -2.10. The Hall–Kier alpha value is -0.410. The van der Waals surface area contributed by atoms with Crippen LogP contribution in [-0.4, -0.2) is 17.9 Å². The van der Waals surface area contributed by atoms with Gasteiger partial charge in [-0.05, 0) is 53.9 Å². The van der Waals surface area contributed by atoms with Gasteiger partial charge in [-0.1, -0.05) is 15.9 Å². The van der Waals surface area contributed by atoms with Crippen molar-refractivity contribution in [1.82, 2.24) is 5.43 Å². The molecule has 0 heterocycles. The second-order valence-corrected chi connectivity index (χ2v) is 5.49. The number of hydrogen-bond acceptors (Lipinski definition) is 3. The van der Waals surface area contributed by atoms with Gasteiger partial charge in [0, 0.05) is 10.0 Å². The number of halogens is 2. The first-order valence-electron chi connectivity index (χ1n) is 4.75. The highest BCUT2D eigenvalue weighted by Gasteiger charge is 2.08. The third-order valence-electron chi connectivity index (χ3n) is 1.70. The quantitative estimate of drug-likeness (QED) is 0.335. The van der Waals surface area contributed by atoms with Crippen LogP contribution in [0.15, 0.2) is 21.7 Å². The van der Waals surface area contributed by atoms with Crippen LogP contribution in [0.3, 0.4) is 0 Å². The zero-order valence-corrected chi connectivity index (χ0v) is 13.6. The maximum Gasteiger partial charge on any atom is 0.184 e. The number of thiocarbonyl (C=S) groups is 1. The molecule has 0 aromatic heterocycles. The third kappa shape index (κ3) is 4.76. The van der Waals surface area contributed by atoms with E-state index in [0.717, 1.165) is 19.4 Å². The van der Waals surface area contributed by atoms with E-state index in [9.17, 15) is 0 Å². The van der Waals surface area contributed by atoms with Gasteiger partial charge in [0.05, 0.1) is 16.4 Å². The molecule has 0 aliphatic carbocycles. The molecular weight excluding hydrogens is 417 g/mol. The highest BCUT2D eigenvalue weighted by Crippen LogP contribution is 2.28. The van der Waals surface area contributed by atoms with Crippen LogP contribution in [0.25, 0.3) is 0 Å². The lowest BCUT2D eigenvalue weighted by Crippen LogP contribution is -2.24. The number of nitrogens with two attached hydrogens (primary N) is 1. The lowest BCUT2D eigenvalue weighted by molar-refractivity contribution is 0.337. The van der Waals surface area contributed by atoms with Crippen LogP contribution in [0.4, 0.5) is 0 Å². The Bertz CT molecular complexity index is 453. The fourth-order valence-corrected chi connectivity index (χ4v) is 2.90. The highest BCUT2D eigenvalue weighted by atomic mass is 127. The molecule has 0 spiro atoms. The second-order valence-electron chi connectivity index (χ2n) is 2.97. The smallest absolute Gasteiger partial charge is 0.184 e. The van der Waals surface area contributed by atoms with Crippen molar-refractivity contribution >= 4 is 62.1 Å². The van der Waals surface area contributed by atoms with E-state index in [4.69, 9.17) is 10.5 Å². The van der Waals surface area contributed by atoms with Crippen molar-refractivity contribution in [2.24, 2.45) is 10.8 Å². The van der Waals surface area contributed by atoms with Gasteiger partial charge in [-0.25, -0.2) is 0 Å². The first-order chi connectivity index (χ1) is 8.04. The molecule has 7 heteroatoms. The number of hydrazone groups is 1. The molecular formula is C10H11BrIN3OS. The fourth-order valence-electron chi connectivity index (χ4n) is 1.14. The summed E-state index contributed by atoms with van der Waals surface area (Å²) in [4.78, 5) is 0. The van der Waals surface area contributed by atoms with Gasteiger partial charge in [-0.15, -0.1) is 0 Å². The van der Waals surface area contributed by atoms with Crippen molar-refractivity contribution in [1.29, 1.82) is 0 Å². The molecule has 0 aliphatic heterocycles. The molecule has 0 aliphatic rings. The van der Waals surface area contributed by atoms with E-state index in [0.29, 0.717) is 6.61 Å². The summed E-state index contributed by atoms with van der Waals surface area (Å²) in [5.74, 6) is 0.796. The summed E-state index contributed by atoms with van der Waals surface area (Å²) in [6, 6.07) is 3.89. The molecule has 17 heavy (non-hydrogen) atoms. The maximum atomic E-state index is 5.57. The number of rotatable bonds is 4. The zero-order valence-electron chi connectivity index (χ0n) is 9.04. The normalized spacial score (nSPS) is 10.5. The second kappa shape index (κ2) is 7.12. The lowest BCUT2D eigenvalue weighted by atomic mass is 10.2. The van der Waals surface area contributed by atoms with Crippen LogP contribution in [0.5, 0.6) is 5.75 Å². The Morgan fingerprint density at radius 3 is 3.00 bits per heavy atom. The first kappa shape index (κ1) is 14.7. The summed E-state index contributed by atoms with van der Waals surface area (Å²) in [6.07, 6.45) is 1.62. The van der Waals surface area contributed by atoms with E-state index in [1.165, 1.54) is 0 Å². The molecule has 0 atom stereocenters. The summed E-state index contributed by atoms with van der Waals surface area (Å²) < 4.78 is 7.54. The van der Waals surface area contributed by atoms with Crippen LogP contribution in [0.1, 0.15) is 12.5 Å². The van der Waals surface area contributed by atoms with E-state index < -0.39 is 0 Å². The Morgan fingerprint density at radius 1 is 1.71 bits per heavy atom. The number of hydrogen-bond donors (Lipinski definition) is 2. The monoisotopic (exact) mass is 427 g/mol. The van der Waals surface area contributed by atoms with Crippen molar-refractivity contribution in [3.63, 3.8) is 0 Å².